The van der Waals surface area contributed by atoms with Crippen LogP contribution in [0.5, 0.6) is 0 Å². The average Bonchev–Trinajstić information content (AvgIpc) is 3.19. The highest BCUT2D eigenvalue weighted by molar-refractivity contribution is 7.80. The van der Waals surface area contributed by atoms with Gasteiger partial charge in [-0.25, -0.2) is 26.9 Å². The predicted molar refractivity (Wildman–Crippen MR) is 114 cm³/mol. The van der Waals surface area contributed by atoms with E-state index >= 15 is 0 Å². The van der Waals surface area contributed by atoms with E-state index in [4.69, 9.17) is 16.6 Å². The molecule has 1 aromatic heterocycles. The smallest absolute Gasteiger partial charge is 0.257 e. The summed E-state index contributed by atoms with van der Waals surface area (Å²) in [5.41, 5.74) is 0.496. The number of oxazole rings is 1. The Morgan fingerprint density at radius 1 is 0.909 bits per heavy atom. The molecule has 0 aliphatic heterocycles. The lowest BCUT2D eigenvalue weighted by molar-refractivity contribution is 0.0977. The number of carbonyl (C=O) groups excluding carboxylic acids is 1. The Morgan fingerprint density at radius 3 is 2.15 bits per heavy atom. The molecule has 168 valence electrons. The number of nitrogens with zero attached hydrogens (tertiary/aromatic N) is 1. The number of hydrogen-bond donors (Lipinski definition) is 2. The number of halogens is 5. The van der Waals surface area contributed by atoms with Gasteiger partial charge in [0.1, 0.15) is 11.1 Å². The molecule has 0 unspecified atom stereocenters. The fraction of sp³-hybridized carbons (Fsp3) is 0.0455. The number of fused-ring (bicyclic) bond motifs is 1. The third-order valence-electron chi connectivity index (χ3n) is 4.61. The summed E-state index contributed by atoms with van der Waals surface area (Å²) in [4.78, 5) is 16.1. The van der Waals surface area contributed by atoms with E-state index in [1.807, 2.05) is 6.92 Å². The molecule has 0 bridgehead atoms. The summed E-state index contributed by atoms with van der Waals surface area (Å²) < 4.78 is 73.6. The van der Waals surface area contributed by atoms with Crippen LogP contribution in [0.3, 0.4) is 0 Å². The van der Waals surface area contributed by atoms with Crippen molar-refractivity contribution in [2.45, 2.75) is 6.92 Å². The standard InChI is InChI=1S/C22H12F5N3O2S/c1-9-2-4-10(5-3-9)20(31)30-22(33)28-11-6-7-13-12(8-11)29-21(32-13)14-15(23)17(25)19(27)18(26)16(14)24/h2-8H,1H3,(H2,28,30,31,33). The summed E-state index contributed by atoms with van der Waals surface area (Å²) >= 11 is 5.11. The number of amides is 1. The number of thiocarbonyl (C=S) groups is 1. The average molecular weight is 477 g/mol. The molecule has 2 N–H and O–H groups in total. The first-order valence-electron chi connectivity index (χ1n) is 9.27. The lowest BCUT2D eigenvalue weighted by atomic mass is 10.1. The van der Waals surface area contributed by atoms with Crippen LogP contribution < -0.4 is 10.6 Å². The van der Waals surface area contributed by atoms with Gasteiger partial charge in [0.25, 0.3) is 5.91 Å². The van der Waals surface area contributed by atoms with Crippen molar-refractivity contribution in [2.24, 2.45) is 0 Å². The fourth-order valence-electron chi connectivity index (χ4n) is 2.95. The lowest BCUT2D eigenvalue weighted by Gasteiger charge is -2.09. The first kappa shape index (κ1) is 22.3. The second-order valence-electron chi connectivity index (χ2n) is 6.92. The van der Waals surface area contributed by atoms with Gasteiger partial charge in [0.15, 0.2) is 34.0 Å². The van der Waals surface area contributed by atoms with Gasteiger partial charge in [0.2, 0.25) is 11.7 Å². The van der Waals surface area contributed by atoms with Crippen LogP contribution in [0.25, 0.3) is 22.6 Å². The van der Waals surface area contributed by atoms with E-state index in [2.05, 4.69) is 15.6 Å². The number of nitrogens with one attached hydrogen (secondary N) is 2. The van der Waals surface area contributed by atoms with Crippen molar-refractivity contribution in [1.82, 2.24) is 10.3 Å². The maximum Gasteiger partial charge on any atom is 0.257 e. The zero-order valence-electron chi connectivity index (χ0n) is 16.6. The van der Waals surface area contributed by atoms with E-state index in [-0.39, 0.29) is 16.2 Å². The monoisotopic (exact) mass is 477 g/mol. The van der Waals surface area contributed by atoms with Crippen LogP contribution in [0.2, 0.25) is 0 Å². The van der Waals surface area contributed by atoms with Crippen LogP contribution in [-0.2, 0) is 0 Å². The van der Waals surface area contributed by atoms with Gasteiger partial charge in [-0.2, -0.15) is 0 Å². The molecule has 5 nitrogen and oxygen atoms in total. The quantitative estimate of drug-likeness (QED) is 0.173. The van der Waals surface area contributed by atoms with Gasteiger partial charge >= 0.3 is 0 Å². The van der Waals surface area contributed by atoms with Gasteiger partial charge < -0.3 is 9.73 Å². The highest BCUT2D eigenvalue weighted by atomic mass is 32.1. The number of carbonyl (C=O) groups is 1. The van der Waals surface area contributed by atoms with Gasteiger partial charge in [0, 0.05) is 11.3 Å². The highest BCUT2D eigenvalue weighted by Crippen LogP contribution is 2.33. The molecule has 4 rings (SSSR count). The SMILES string of the molecule is Cc1ccc(C(=O)NC(=S)Nc2ccc3oc(-c4c(F)c(F)c(F)c(F)c4F)nc3c2)cc1. The number of aromatic nitrogens is 1. The summed E-state index contributed by atoms with van der Waals surface area (Å²) in [5.74, 6) is -11.8. The van der Waals surface area contributed by atoms with Gasteiger partial charge in [-0.1, -0.05) is 17.7 Å². The normalized spacial score (nSPS) is 11.0. The summed E-state index contributed by atoms with van der Waals surface area (Å²) in [5, 5.41) is 5.20. The molecule has 0 radical (unpaired) electrons. The Labute approximate surface area is 188 Å². The lowest BCUT2D eigenvalue weighted by Crippen LogP contribution is -2.34. The summed E-state index contributed by atoms with van der Waals surface area (Å²) in [6.45, 7) is 1.88. The van der Waals surface area contributed by atoms with Gasteiger partial charge in [-0.3, -0.25) is 10.1 Å². The third-order valence-corrected chi connectivity index (χ3v) is 4.81. The first-order chi connectivity index (χ1) is 15.7. The molecule has 1 amide bonds. The third kappa shape index (κ3) is 4.27. The van der Waals surface area contributed by atoms with Crippen molar-refractivity contribution in [3.8, 4) is 11.5 Å². The van der Waals surface area contributed by atoms with Crippen LogP contribution >= 0.6 is 12.2 Å². The molecule has 3 aromatic carbocycles. The van der Waals surface area contributed by atoms with Gasteiger partial charge in [-0.15, -0.1) is 0 Å². The Morgan fingerprint density at radius 2 is 1.52 bits per heavy atom. The van der Waals surface area contributed by atoms with Crippen molar-refractivity contribution in [2.75, 3.05) is 5.32 Å². The van der Waals surface area contributed by atoms with Crippen LogP contribution in [0, 0.1) is 36.0 Å². The van der Waals surface area contributed by atoms with Crippen molar-refractivity contribution in [3.05, 3.63) is 82.7 Å². The minimum absolute atomic E-state index is 0.0223. The number of rotatable bonds is 3. The molecule has 0 fully saturated rings. The molecule has 0 aliphatic carbocycles. The predicted octanol–water partition coefficient (Wildman–Crippen LogP) is 5.63. The first-order valence-corrected chi connectivity index (χ1v) is 9.68. The molecular weight excluding hydrogens is 465 g/mol. The molecule has 0 saturated carbocycles. The molecule has 0 aliphatic rings. The molecule has 1 heterocycles. The van der Waals surface area contributed by atoms with Crippen LogP contribution in [0.1, 0.15) is 15.9 Å². The molecule has 0 saturated heterocycles. The van der Waals surface area contributed by atoms with Crippen molar-refractivity contribution in [3.63, 3.8) is 0 Å². The Kier molecular flexibility index (Phi) is 5.81. The second kappa shape index (κ2) is 8.58. The van der Waals surface area contributed by atoms with Crippen molar-refractivity contribution < 1.29 is 31.2 Å². The number of anilines is 1. The van der Waals surface area contributed by atoms with E-state index in [1.165, 1.54) is 18.2 Å². The maximum atomic E-state index is 14.1. The number of aryl methyl sites for hydroxylation is 1. The maximum absolute atomic E-state index is 14.1. The van der Waals surface area contributed by atoms with E-state index in [0.717, 1.165) is 5.56 Å². The molecule has 4 aromatic rings. The zero-order chi connectivity index (χ0) is 23.9. The van der Waals surface area contributed by atoms with Crippen molar-refractivity contribution >= 4 is 40.0 Å². The van der Waals surface area contributed by atoms with Crippen LogP contribution in [0.4, 0.5) is 27.6 Å². The van der Waals surface area contributed by atoms with Gasteiger partial charge in [-0.05, 0) is 49.5 Å². The summed E-state index contributed by atoms with van der Waals surface area (Å²) in [6, 6.07) is 11.0. The van der Waals surface area contributed by atoms with E-state index < -0.39 is 46.4 Å². The van der Waals surface area contributed by atoms with Crippen molar-refractivity contribution in [1.29, 1.82) is 0 Å². The summed E-state index contributed by atoms with van der Waals surface area (Å²) in [6.07, 6.45) is 0. The van der Waals surface area contributed by atoms with E-state index in [1.54, 1.807) is 24.3 Å². The topological polar surface area (TPSA) is 67.2 Å². The van der Waals surface area contributed by atoms with Crippen LogP contribution in [0.15, 0.2) is 46.9 Å². The fourth-order valence-corrected chi connectivity index (χ4v) is 3.16. The summed E-state index contributed by atoms with van der Waals surface area (Å²) in [7, 11) is 0. The van der Waals surface area contributed by atoms with Crippen LogP contribution in [-0.4, -0.2) is 16.0 Å². The second-order valence-corrected chi connectivity index (χ2v) is 7.33. The largest absolute Gasteiger partial charge is 0.436 e. The highest BCUT2D eigenvalue weighted by Gasteiger charge is 2.29. The molecular formula is C22H12F5N3O2S. The molecule has 0 spiro atoms. The Balaban J connectivity index is 1.57. The Hall–Kier alpha value is -3.86. The van der Waals surface area contributed by atoms with E-state index in [0.29, 0.717) is 11.3 Å². The Bertz CT molecular complexity index is 1390. The zero-order valence-corrected chi connectivity index (χ0v) is 17.4. The molecule has 11 heteroatoms. The molecule has 0 atom stereocenters. The number of benzene rings is 3. The van der Waals surface area contributed by atoms with Gasteiger partial charge in [0.05, 0.1) is 0 Å². The minimum atomic E-state index is -2.28. The number of hydrogen-bond acceptors (Lipinski definition) is 4. The molecule has 33 heavy (non-hydrogen) atoms. The minimum Gasteiger partial charge on any atom is -0.436 e. The van der Waals surface area contributed by atoms with E-state index in [9.17, 15) is 26.7 Å².